The molecule has 0 aromatic heterocycles. The summed E-state index contributed by atoms with van der Waals surface area (Å²) in [4.78, 5) is 10.0. The lowest BCUT2D eigenvalue weighted by molar-refractivity contribution is -0.386. The SMILES string of the molecule is CCc1c(Br)ccc(O)c1[N+](=O)[O-]. The molecule has 4 nitrogen and oxygen atoms in total. The smallest absolute Gasteiger partial charge is 0.314 e. The number of benzene rings is 1. The molecule has 0 aliphatic heterocycles. The minimum Gasteiger partial charge on any atom is -0.502 e. The number of phenolic OH excluding ortho intramolecular Hbond substituents is 1. The number of nitro benzene ring substituents is 1. The summed E-state index contributed by atoms with van der Waals surface area (Å²) in [6.07, 6.45) is 0.505. The van der Waals surface area contributed by atoms with Crippen molar-refractivity contribution in [1.29, 1.82) is 0 Å². The number of hydrogen-bond acceptors (Lipinski definition) is 3. The third kappa shape index (κ3) is 1.80. The molecule has 0 aliphatic rings. The Labute approximate surface area is 83.5 Å². The topological polar surface area (TPSA) is 63.4 Å². The molecule has 0 spiro atoms. The maximum absolute atomic E-state index is 10.6. The molecule has 1 aromatic rings. The highest BCUT2D eigenvalue weighted by molar-refractivity contribution is 9.10. The number of hydrogen-bond donors (Lipinski definition) is 1. The molecule has 13 heavy (non-hydrogen) atoms. The molecule has 1 aromatic carbocycles. The van der Waals surface area contributed by atoms with Crippen LogP contribution in [0.2, 0.25) is 0 Å². The van der Waals surface area contributed by atoms with Crippen LogP contribution in [0.3, 0.4) is 0 Å². The quantitative estimate of drug-likeness (QED) is 0.644. The first-order valence-corrected chi connectivity index (χ1v) is 4.52. The molecule has 0 amide bonds. The summed E-state index contributed by atoms with van der Waals surface area (Å²) >= 11 is 3.19. The summed E-state index contributed by atoms with van der Waals surface area (Å²) in [7, 11) is 0. The fourth-order valence-corrected chi connectivity index (χ4v) is 1.74. The molecule has 0 fully saturated rings. The second kappa shape index (κ2) is 3.74. The van der Waals surface area contributed by atoms with Gasteiger partial charge in [0, 0.05) is 10.0 Å². The normalized spacial score (nSPS) is 10.0. The van der Waals surface area contributed by atoms with E-state index < -0.39 is 4.92 Å². The van der Waals surface area contributed by atoms with E-state index in [2.05, 4.69) is 15.9 Å². The molecule has 1 rings (SSSR count). The van der Waals surface area contributed by atoms with Crippen LogP contribution < -0.4 is 0 Å². The molecule has 5 heteroatoms. The van der Waals surface area contributed by atoms with Crippen LogP contribution in [0.15, 0.2) is 16.6 Å². The predicted molar refractivity (Wildman–Crippen MR) is 51.8 cm³/mol. The maximum atomic E-state index is 10.6. The van der Waals surface area contributed by atoms with E-state index in [0.717, 1.165) is 0 Å². The number of phenols is 1. The maximum Gasteiger partial charge on any atom is 0.314 e. The first-order valence-electron chi connectivity index (χ1n) is 3.72. The Bertz CT molecular complexity index is 351. The minimum atomic E-state index is -0.571. The molecule has 0 heterocycles. The number of nitro groups is 1. The van der Waals surface area contributed by atoms with E-state index in [1.165, 1.54) is 6.07 Å². The van der Waals surface area contributed by atoms with Crippen molar-refractivity contribution in [2.45, 2.75) is 13.3 Å². The minimum absolute atomic E-state index is 0.211. The fraction of sp³-hybridized carbons (Fsp3) is 0.250. The van der Waals surface area contributed by atoms with Gasteiger partial charge in [0.2, 0.25) is 0 Å². The van der Waals surface area contributed by atoms with E-state index in [4.69, 9.17) is 0 Å². The first-order chi connectivity index (χ1) is 6.07. The van der Waals surface area contributed by atoms with Crippen molar-refractivity contribution < 1.29 is 10.0 Å². The zero-order chi connectivity index (χ0) is 10.0. The van der Waals surface area contributed by atoms with Gasteiger partial charge in [-0.25, -0.2) is 0 Å². The van der Waals surface area contributed by atoms with E-state index in [1.807, 2.05) is 0 Å². The highest BCUT2D eigenvalue weighted by atomic mass is 79.9. The summed E-state index contributed by atoms with van der Waals surface area (Å²) in [6.45, 7) is 1.80. The Morgan fingerprint density at radius 1 is 1.62 bits per heavy atom. The Hall–Kier alpha value is -1.10. The fourth-order valence-electron chi connectivity index (χ4n) is 1.14. The van der Waals surface area contributed by atoms with Crippen LogP contribution >= 0.6 is 15.9 Å². The van der Waals surface area contributed by atoms with Crippen LogP contribution in [0.25, 0.3) is 0 Å². The molecule has 0 aliphatic carbocycles. The van der Waals surface area contributed by atoms with Gasteiger partial charge < -0.3 is 5.11 Å². The molecule has 0 atom stereocenters. The van der Waals surface area contributed by atoms with Gasteiger partial charge in [-0.15, -0.1) is 0 Å². The van der Waals surface area contributed by atoms with E-state index in [1.54, 1.807) is 13.0 Å². The number of nitrogens with zero attached hydrogens (tertiary/aromatic N) is 1. The van der Waals surface area contributed by atoms with Gasteiger partial charge in [-0.05, 0) is 18.6 Å². The zero-order valence-corrected chi connectivity index (χ0v) is 8.54. The number of aromatic hydroxyl groups is 1. The van der Waals surface area contributed by atoms with Gasteiger partial charge in [-0.1, -0.05) is 22.9 Å². The van der Waals surface area contributed by atoms with Gasteiger partial charge in [-0.2, -0.15) is 0 Å². The van der Waals surface area contributed by atoms with Gasteiger partial charge in [0.15, 0.2) is 5.75 Å². The molecule has 1 N–H and O–H groups in total. The van der Waals surface area contributed by atoms with Gasteiger partial charge in [0.05, 0.1) is 4.92 Å². The molecule has 0 bridgehead atoms. The molecule has 0 saturated heterocycles. The molecule has 0 unspecified atom stereocenters. The van der Waals surface area contributed by atoms with Crippen molar-refractivity contribution in [2.24, 2.45) is 0 Å². The van der Waals surface area contributed by atoms with Gasteiger partial charge in [0.25, 0.3) is 0 Å². The zero-order valence-electron chi connectivity index (χ0n) is 6.95. The van der Waals surface area contributed by atoms with E-state index in [-0.39, 0.29) is 11.4 Å². The van der Waals surface area contributed by atoms with E-state index in [9.17, 15) is 15.2 Å². The standard InChI is InChI=1S/C8H8BrNO3/c1-2-5-6(9)3-4-7(11)8(5)10(12)13/h3-4,11H,2H2,1H3. The summed E-state index contributed by atoms with van der Waals surface area (Å²) in [5, 5.41) is 19.8. The highest BCUT2D eigenvalue weighted by Crippen LogP contribution is 2.34. The largest absolute Gasteiger partial charge is 0.502 e. The summed E-state index contributed by atoms with van der Waals surface area (Å²) in [5.41, 5.74) is 0.307. The van der Waals surface area contributed by atoms with Gasteiger partial charge >= 0.3 is 5.69 Å². The van der Waals surface area contributed by atoms with Crippen molar-refractivity contribution in [3.05, 3.63) is 32.3 Å². The molecule has 70 valence electrons. The van der Waals surface area contributed by atoms with E-state index >= 15 is 0 Å². The monoisotopic (exact) mass is 245 g/mol. The van der Waals surface area contributed by atoms with Crippen LogP contribution in [-0.2, 0) is 6.42 Å². The second-order valence-electron chi connectivity index (χ2n) is 2.50. The van der Waals surface area contributed by atoms with Crippen LogP contribution in [0.4, 0.5) is 5.69 Å². The van der Waals surface area contributed by atoms with Crippen LogP contribution in [-0.4, -0.2) is 10.0 Å². The lowest BCUT2D eigenvalue weighted by atomic mass is 10.1. The van der Waals surface area contributed by atoms with Gasteiger partial charge in [-0.3, -0.25) is 10.1 Å². The number of halogens is 1. The van der Waals surface area contributed by atoms with Crippen LogP contribution in [0.1, 0.15) is 12.5 Å². The van der Waals surface area contributed by atoms with Crippen molar-refractivity contribution in [1.82, 2.24) is 0 Å². The van der Waals surface area contributed by atoms with Crippen molar-refractivity contribution in [2.75, 3.05) is 0 Å². The lowest BCUT2D eigenvalue weighted by Crippen LogP contribution is -1.95. The summed E-state index contributed by atoms with van der Waals surface area (Å²) in [5.74, 6) is -0.287. The summed E-state index contributed by atoms with van der Waals surface area (Å²) < 4.78 is 0.652. The molecular weight excluding hydrogens is 238 g/mol. The molecular formula is C8H8BrNO3. The average Bonchev–Trinajstić information content (AvgIpc) is 2.07. The lowest BCUT2D eigenvalue weighted by Gasteiger charge is -2.03. The highest BCUT2D eigenvalue weighted by Gasteiger charge is 2.20. The third-order valence-electron chi connectivity index (χ3n) is 1.74. The predicted octanol–water partition coefficient (Wildman–Crippen LogP) is 2.63. The van der Waals surface area contributed by atoms with Gasteiger partial charge in [0.1, 0.15) is 0 Å². The first kappa shape index (κ1) is 9.98. The Balaban J connectivity index is 3.43. The van der Waals surface area contributed by atoms with Crippen LogP contribution in [0.5, 0.6) is 5.75 Å². The van der Waals surface area contributed by atoms with Crippen molar-refractivity contribution in [3.8, 4) is 5.75 Å². The van der Waals surface area contributed by atoms with E-state index in [0.29, 0.717) is 16.5 Å². The Morgan fingerprint density at radius 2 is 2.23 bits per heavy atom. The second-order valence-corrected chi connectivity index (χ2v) is 3.36. The van der Waals surface area contributed by atoms with Crippen molar-refractivity contribution >= 4 is 21.6 Å². The van der Waals surface area contributed by atoms with Crippen molar-refractivity contribution in [3.63, 3.8) is 0 Å². The molecule has 0 saturated carbocycles. The Morgan fingerprint density at radius 3 is 2.62 bits per heavy atom. The summed E-state index contributed by atoms with van der Waals surface area (Å²) in [6, 6.07) is 2.91. The van der Waals surface area contributed by atoms with Crippen LogP contribution in [0, 0.1) is 10.1 Å². The third-order valence-corrected chi connectivity index (χ3v) is 2.48. The number of rotatable bonds is 2. The average molecular weight is 246 g/mol. The molecule has 0 radical (unpaired) electrons. The Kier molecular flexibility index (Phi) is 2.87.